The van der Waals surface area contributed by atoms with E-state index in [1.165, 1.54) is 11.1 Å². The van der Waals surface area contributed by atoms with Gasteiger partial charge in [0.15, 0.2) is 0 Å². The van der Waals surface area contributed by atoms with E-state index in [0.717, 1.165) is 49.1 Å². The van der Waals surface area contributed by atoms with Crippen molar-refractivity contribution >= 4 is 16.9 Å². The van der Waals surface area contributed by atoms with Crippen molar-refractivity contribution in [3.8, 4) is 0 Å². The summed E-state index contributed by atoms with van der Waals surface area (Å²) in [5.41, 5.74) is 5.00. The number of rotatable bonds is 1. The summed E-state index contributed by atoms with van der Waals surface area (Å²) in [4.78, 5) is 22.0. The minimum absolute atomic E-state index is 0.0761. The lowest BCUT2D eigenvalue weighted by atomic mass is 10.0. The van der Waals surface area contributed by atoms with Crippen LogP contribution in [0.3, 0.4) is 0 Å². The van der Waals surface area contributed by atoms with Crippen LogP contribution in [0.1, 0.15) is 79.3 Å². The monoisotopic (exact) mass is 376 g/mol. The third-order valence-corrected chi connectivity index (χ3v) is 5.66. The van der Waals surface area contributed by atoms with Gasteiger partial charge in [0.25, 0.3) is 5.91 Å². The molecule has 0 saturated carbocycles. The minimum atomic E-state index is -0.168. The van der Waals surface area contributed by atoms with Gasteiger partial charge in [-0.2, -0.15) is 0 Å². The average Bonchev–Trinajstić information content (AvgIpc) is 3.05. The van der Waals surface area contributed by atoms with Crippen molar-refractivity contribution in [2.24, 2.45) is 0 Å². The molecule has 146 valence electrons. The molecular formula is C23H28N4O. The highest BCUT2D eigenvalue weighted by atomic mass is 16.1. The third-order valence-electron chi connectivity index (χ3n) is 5.66. The number of carbonyl (C=O) groups excluding carboxylic acids is 1. The van der Waals surface area contributed by atoms with Gasteiger partial charge in [-0.05, 0) is 61.9 Å². The summed E-state index contributed by atoms with van der Waals surface area (Å²) in [7, 11) is 0. The fourth-order valence-corrected chi connectivity index (χ4v) is 4.07. The molecule has 1 unspecified atom stereocenters. The molecule has 4 rings (SSSR count). The summed E-state index contributed by atoms with van der Waals surface area (Å²) in [5.74, 6) is 0.376. The van der Waals surface area contributed by atoms with Crippen molar-refractivity contribution in [3.05, 3.63) is 59.2 Å². The van der Waals surface area contributed by atoms with Crippen LogP contribution in [-0.2, 0) is 13.0 Å². The van der Waals surface area contributed by atoms with Crippen LogP contribution in [0.15, 0.2) is 36.7 Å². The van der Waals surface area contributed by atoms with E-state index >= 15 is 0 Å². The Balaban J connectivity index is 1.76. The summed E-state index contributed by atoms with van der Waals surface area (Å²) in [6, 6.07) is 8.22. The highest BCUT2D eigenvalue weighted by molar-refractivity contribution is 5.95. The number of aryl methyl sites for hydroxylation is 2. The number of aromatic nitrogens is 3. The molecule has 1 amide bonds. The molecule has 0 aliphatic carbocycles. The van der Waals surface area contributed by atoms with Crippen LogP contribution >= 0.6 is 0 Å². The number of carbonyl (C=O) groups is 1. The standard InChI is InChI=1S/C23H28N4O/c1-15(2)21-13-18-8-9-20-16(3)25-23(28)19-14-24-11-10-17(19)7-5-4-6-12-27(21)22(18)26-20/h8-11,13-16H,4-7,12H2,1-3H3,(H,25,28). The van der Waals surface area contributed by atoms with E-state index in [1.54, 1.807) is 12.4 Å². The second-order valence-corrected chi connectivity index (χ2v) is 8.06. The predicted molar refractivity (Wildman–Crippen MR) is 111 cm³/mol. The number of hydrogen-bond acceptors (Lipinski definition) is 3. The number of fused-ring (bicyclic) bond motifs is 2. The highest BCUT2D eigenvalue weighted by Crippen LogP contribution is 2.27. The normalized spacial score (nSPS) is 18.1. The number of hydrogen-bond donors (Lipinski definition) is 1. The molecule has 0 saturated heterocycles. The van der Waals surface area contributed by atoms with Crippen molar-refractivity contribution in [1.29, 1.82) is 0 Å². The largest absolute Gasteiger partial charge is 0.344 e. The van der Waals surface area contributed by atoms with Gasteiger partial charge in [0.2, 0.25) is 0 Å². The lowest BCUT2D eigenvalue weighted by molar-refractivity contribution is 0.0937. The quantitative estimate of drug-likeness (QED) is 0.665. The maximum absolute atomic E-state index is 12.9. The minimum Gasteiger partial charge on any atom is -0.344 e. The number of amides is 1. The Labute approximate surface area is 166 Å². The summed E-state index contributed by atoms with van der Waals surface area (Å²) < 4.78 is 2.38. The predicted octanol–water partition coefficient (Wildman–Crippen LogP) is 4.77. The average molecular weight is 377 g/mol. The number of nitrogens with one attached hydrogen (secondary N) is 1. The molecule has 0 radical (unpaired) electrons. The molecule has 2 bridgehead atoms. The van der Waals surface area contributed by atoms with E-state index in [4.69, 9.17) is 4.98 Å². The van der Waals surface area contributed by atoms with Gasteiger partial charge in [-0.25, -0.2) is 4.98 Å². The molecule has 3 aromatic rings. The first kappa shape index (κ1) is 18.7. The maximum Gasteiger partial charge on any atom is 0.253 e. The topological polar surface area (TPSA) is 59.8 Å². The Morgan fingerprint density at radius 3 is 2.86 bits per heavy atom. The van der Waals surface area contributed by atoms with Crippen LogP contribution in [-0.4, -0.2) is 20.4 Å². The van der Waals surface area contributed by atoms with Gasteiger partial charge in [-0.15, -0.1) is 0 Å². The molecule has 1 aliphatic rings. The molecule has 28 heavy (non-hydrogen) atoms. The molecule has 5 heteroatoms. The lowest BCUT2D eigenvalue weighted by Gasteiger charge is -2.17. The van der Waals surface area contributed by atoms with Crippen molar-refractivity contribution in [2.45, 2.75) is 65.0 Å². The Morgan fingerprint density at radius 2 is 2.04 bits per heavy atom. The Morgan fingerprint density at radius 1 is 1.18 bits per heavy atom. The van der Waals surface area contributed by atoms with Gasteiger partial charge in [-0.1, -0.05) is 20.3 Å². The van der Waals surface area contributed by atoms with E-state index in [-0.39, 0.29) is 11.9 Å². The fourth-order valence-electron chi connectivity index (χ4n) is 4.07. The molecule has 0 fully saturated rings. The smallest absolute Gasteiger partial charge is 0.253 e. The Bertz CT molecular complexity index is 1010. The van der Waals surface area contributed by atoms with Crippen LogP contribution in [0.5, 0.6) is 0 Å². The van der Waals surface area contributed by atoms with Crippen molar-refractivity contribution in [3.63, 3.8) is 0 Å². The van der Waals surface area contributed by atoms with E-state index in [9.17, 15) is 4.79 Å². The highest BCUT2D eigenvalue weighted by Gasteiger charge is 2.19. The zero-order valence-corrected chi connectivity index (χ0v) is 16.9. The van der Waals surface area contributed by atoms with E-state index in [2.05, 4.69) is 40.8 Å². The van der Waals surface area contributed by atoms with Crippen molar-refractivity contribution in [2.75, 3.05) is 0 Å². The number of pyridine rings is 2. The van der Waals surface area contributed by atoms with E-state index < -0.39 is 0 Å². The van der Waals surface area contributed by atoms with E-state index in [0.29, 0.717) is 11.5 Å². The van der Waals surface area contributed by atoms with E-state index in [1.807, 2.05) is 19.1 Å². The van der Waals surface area contributed by atoms with Gasteiger partial charge in [0, 0.05) is 30.0 Å². The summed E-state index contributed by atoms with van der Waals surface area (Å²) in [6.45, 7) is 7.44. The van der Waals surface area contributed by atoms with Crippen LogP contribution < -0.4 is 5.32 Å². The second kappa shape index (κ2) is 7.74. The first-order chi connectivity index (χ1) is 13.5. The van der Waals surface area contributed by atoms with Gasteiger partial charge in [0.05, 0.1) is 17.3 Å². The lowest BCUT2D eigenvalue weighted by Crippen LogP contribution is -2.28. The first-order valence-electron chi connectivity index (χ1n) is 10.3. The van der Waals surface area contributed by atoms with Crippen molar-refractivity contribution in [1.82, 2.24) is 19.9 Å². The van der Waals surface area contributed by atoms with Gasteiger partial charge in [-0.3, -0.25) is 9.78 Å². The first-order valence-corrected chi connectivity index (χ1v) is 10.3. The second-order valence-electron chi connectivity index (χ2n) is 8.06. The van der Waals surface area contributed by atoms with Crippen LogP contribution in [0.2, 0.25) is 0 Å². The molecule has 1 N–H and O–H groups in total. The Kier molecular flexibility index (Phi) is 5.16. The molecule has 0 spiro atoms. The Hall–Kier alpha value is -2.69. The molecule has 0 aromatic carbocycles. The third kappa shape index (κ3) is 3.53. The molecule has 1 aliphatic heterocycles. The molecule has 3 aromatic heterocycles. The summed E-state index contributed by atoms with van der Waals surface area (Å²) >= 11 is 0. The SMILES string of the molecule is CC(C)c1cc2ccc3nc2n1CCCCCc1ccncc1C(=O)NC3C. The van der Waals surface area contributed by atoms with Gasteiger partial charge < -0.3 is 9.88 Å². The summed E-state index contributed by atoms with van der Waals surface area (Å²) in [6.07, 6.45) is 7.65. The van der Waals surface area contributed by atoms with Gasteiger partial charge in [0.1, 0.15) is 5.65 Å². The summed E-state index contributed by atoms with van der Waals surface area (Å²) in [5, 5.41) is 4.28. The molecule has 1 atom stereocenters. The fraction of sp³-hybridized carbons (Fsp3) is 0.435. The zero-order valence-electron chi connectivity index (χ0n) is 16.9. The number of nitrogens with zero attached hydrogens (tertiary/aromatic N) is 3. The van der Waals surface area contributed by atoms with Crippen LogP contribution in [0, 0.1) is 0 Å². The van der Waals surface area contributed by atoms with Crippen LogP contribution in [0.4, 0.5) is 0 Å². The maximum atomic E-state index is 12.9. The van der Waals surface area contributed by atoms with Gasteiger partial charge >= 0.3 is 0 Å². The molecule has 5 nitrogen and oxygen atoms in total. The molecule has 4 heterocycles. The zero-order chi connectivity index (χ0) is 19.7. The van der Waals surface area contributed by atoms with Crippen LogP contribution in [0.25, 0.3) is 11.0 Å². The van der Waals surface area contributed by atoms with Crippen molar-refractivity contribution < 1.29 is 4.79 Å². The molecular weight excluding hydrogens is 348 g/mol.